The fourth-order valence-corrected chi connectivity index (χ4v) is 2.21. The molecule has 7 heteroatoms. The molecule has 1 heterocycles. The molecular weight excluding hydrogens is 270 g/mol. The monoisotopic (exact) mass is 285 g/mol. The number of carbonyl (C=O) groups is 1. The van der Waals surface area contributed by atoms with E-state index in [4.69, 9.17) is 5.73 Å². The van der Waals surface area contributed by atoms with Gasteiger partial charge in [0.25, 0.3) is 11.6 Å². The van der Waals surface area contributed by atoms with Gasteiger partial charge in [-0.15, -0.1) is 12.4 Å². The third-order valence-corrected chi connectivity index (χ3v) is 3.17. The van der Waals surface area contributed by atoms with Gasteiger partial charge >= 0.3 is 0 Å². The minimum absolute atomic E-state index is 0. The third kappa shape index (κ3) is 3.02. The van der Waals surface area contributed by atoms with Gasteiger partial charge in [-0.2, -0.15) is 0 Å². The summed E-state index contributed by atoms with van der Waals surface area (Å²) in [7, 11) is 0. The first-order valence-corrected chi connectivity index (χ1v) is 5.79. The molecule has 1 fully saturated rings. The van der Waals surface area contributed by atoms with Crippen molar-refractivity contribution in [1.82, 2.24) is 4.90 Å². The number of nitro benzene ring substituents is 1. The van der Waals surface area contributed by atoms with Crippen molar-refractivity contribution in [1.29, 1.82) is 0 Å². The van der Waals surface area contributed by atoms with Crippen LogP contribution in [0.1, 0.15) is 22.3 Å². The van der Waals surface area contributed by atoms with E-state index in [0.29, 0.717) is 18.7 Å². The summed E-state index contributed by atoms with van der Waals surface area (Å²) in [5.41, 5.74) is 6.41. The maximum atomic E-state index is 12.3. The molecule has 19 heavy (non-hydrogen) atoms. The van der Waals surface area contributed by atoms with Crippen LogP contribution in [0.2, 0.25) is 0 Å². The molecule has 6 nitrogen and oxygen atoms in total. The highest BCUT2D eigenvalue weighted by Crippen LogP contribution is 2.24. The van der Waals surface area contributed by atoms with Crippen LogP contribution in [-0.4, -0.2) is 34.9 Å². The van der Waals surface area contributed by atoms with Gasteiger partial charge in [-0.05, 0) is 18.9 Å². The minimum atomic E-state index is -0.518. The molecule has 2 N–H and O–H groups in total. The van der Waals surface area contributed by atoms with Gasteiger partial charge in [0.2, 0.25) is 0 Å². The van der Waals surface area contributed by atoms with E-state index >= 15 is 0 Å². The number of hydrogen-bond donors (Lipinski definition) is 1. The van der Waals surface area contributed by atoms with Gasteiger partial charge < -0.3 is 10.6 Å². The summed E-state index contributed by atoms with van der Waals surface area (Å²) in [6.07, 6.45) is 0.741. The SMILES string of the molecule is Cc1cccc([N+](=O)[O-])c1C(=O)N1CC[C@H](N)C1.Cl. The number of likely N-dealkylation sites (tertiary alicyclic amines) is 1. The Labute approximate surface area is 117 Å². The Hall–Kier alpha value is -1.66. The van der Waals surface area contributed by atoms with Gasteiger partial charge in [0.15, 0.2) is 0 Å². The molecule has 1 aromatic carbocycles. The quantitative estimate of drug-likeness (QED) is 0.658. The molecule has 1 atom stereocenters. The standard InChI is InChI=1S/C12H15N3O3.ClH/c1-8-3-2-4-10(15(17)18)11(8)12(16)14-6-5-9(13)7-14;/h2-4,9H,5-7,13H2,1H3;1H/t9-;/m0./s1. The summed E-state index contributed by atoms with van der Waals surface area (Å²) in [5, 5.41) is 11.0. The Morgan fingerprint density at radius 2 is 2.21 bits per heavy atom. The summed E-state index contributed by atoms with van der Waals surface area (Å²) < 4.78 is 0. The molecule has 0 unspecified atom stereocenters. The molecule has 0 bridgehead atoms. The molecule has 0 aromatic heterocycles. The van der Waals surface area contributed by atoms with Crippen LogP contribution in [-0.2, 0) is 0 Å². The number of halogens is 1. The lowest BCUT2D eigenvalue weighted by atomic mass is 10.1. The van der Waals surface area contributed by atoms with E-state index in [1.165, 1.54) is 6.07 Å². The second kappa shape index (κ2) is 5.99. The lowest BCUT2D eigenvalue weighted by Crippen LogP contribution is -2.32. The first-order chi connectivity index (χ1) is 8.50. The van der Waals surface area contributed by atoms with Crippen molar-refractivity contribution in [2.75, 3.05) is 13.1 Å². The van der Waals surface area contributed by atoms with Gasteiger partial charge in [-0.3, -0.25) is 14.9 Å². The highest BCUT2D eigenvalue weighted by molar-refractivity contribution is 5.99. The van der Waals surface area contributed by atoms with Crippen molar-refractivity contribution in [2.45, 2.75) is 19.4 Å². The lowest BCUT2D eigenvalue weighted by Gasteiger charge is -2.17. The molecule has 1 aromatic rings. The van der Waals surface area contributed by atoms with Crippen LogP contribution in [0.15, 0.2) is 18.2 Å². The molecule has 2 rings (SSSR count). The van der Waals surface area contributed by atoms with Crippen LogP contribution in [0.4, 0.5) is 5.69 Å². The van der Waals surface area contributed by atoms with Crippen LogP contribution in [0.3, 0.4) is 0 Å². The molecule has 104 valence electrons. The number of nitrogens with two attached hydrogens (primary N) is 1. The van der Waals surface area contributed by atoms with Gasteiger partial charge in [-0.1, -0.05) is 12.1 Å². The average Bonchev–Trinajstić information content (AvgIpc) is 2.74. The van der Waals surface area contributed by atoms with E-state index in [2.05, 4.69) is 0 Å². The lowest BCUT2D eigenvalue weighted by molar-refractivity contribution is -0.385. The number of rotatable bonds is 2. The van der Waals surface area contributed by atoms with Gasteiger partial charge in [0.1, 0.15) is 5.56 Å². The maximum absolute atomic E-state index is 12.3. The molecule has 1 aliphatic rings. The zero-order chi connectivity index (χ0) is 13.3. The van der Waals surface area contributed by atoms with E-state index in [1.54, 1.807) is 24.0 Å². The van der Waals surface area contributed by atoms with Crippen molar-refractivity contribution in [3.8, 4) is 0 Å². The van der Waals surface area contributed by atoms with E-state index in [-0.39, 0.29) is 35.6 Å². The van der Waals surface area contributed by atoms with E-state index < -0.39 is 4.92 Å². The van der Waals surface area contributed by atoms with Gasteiger partial charge in [0.05, 0.1) is 4.92 Å². The topological polar surface area (TPSA) is 89.5 Å². The number of hydrogen-bond acceptors (Lipinski definition) is 4. The second-order valence-electron chi connectivity index (χ2n) is 4.53. The predicted octanol–water partition coefficient (Wildman–Crippen LogP) is 1.50. The summed E-state index contributed by atoms with van der Waals surface area (Å²) in [6.45, 7) is 2.73. The molecule has 0 radical (unpaired) electrons. The molecular formula is C12H16ClN3O3. The number of nitro groups is 1. The van der Waals surface area contributed by atoms with Crippen molar-refractivity contribution >= 4 is 24.0 Å². The first kappa shape index (κ1) is 15.4. The summed E-state index contributed by atoms with van der Waals surface area (Å²) in [6, 6.07) is 4.61. The molecule has 1 saturated heterocycles. The zero-order valence-corrected chi connectivity index (χ0v) is 11.4. The van der Waals surface area contributed by atoms with Gasteiger partial charge in [-0.25, -0.2) is 0 Å². The Morgan fingerprint density at radius 3 is 2.74 bits per heavy atom. The number of nitrogens with zero attached hydrogens (tertiary/aromatic N) is 2. The van der Waals surface area contributed by atoms with Crippen molar-refractivity contribution in [3.63, 3.8) is 0 Å². The van der Waals surface area contributed by atoms with Crippen LogP contribution < -0.4 is 5.73 Å². The Kier molecular flexibility index (Phi) is 4.85. The van der Waals surface area contributed by atoms with Crippen LogP contribution >= 0.6 is 12.4 Å². The highest BCUT2D eigenvalue weighted by Gasteiger charge is 2.30. The molecule has 1 aliphatic heterocycles. The van der Waals surface area contributed by atoms with Crippen molar-refractivity contribution < 1.29 is 9.72 Å². The summed E-state index contributed by atoms with van der Waals surface area (Å²) >= 11 is 0. The predicted molar refractivity (Wildman–Crippen MR) is 73.6 cm³/mol. The zero-order valence-electron chi connectivity index (χ0n) is 10.5. The average molecular weight is 286 g/mol. The summed E-state index contributed by atoms with van der Waals surface area (Å²) in [4.78, 5) is 24.3. The van der Waals surface area contributed by atoms with Crippen LogP contribution in [0, 0.1) is 17.0 Å². The molecule has 1 amide bonds. The maximum Gasteiger partial charge on any atom is 0.282 e. The number of carbonyl (C=O) groups excluding carboxylic acids is 1. The summed E-state index contributed by atoms with van der Waals surface area (Å²) in [5.74, 6) is -0.298. The Morgan fingerprint density at radius 1 is 1.53 bits per heavy atom. The highest BCUT2D eigenvalue weighted by atomic mass is 35.5. The Balaban J connectivity index is 0.00000180. The molecule has 0 saturated carbocycles. The smallest absolute Gasteiger partial charge is 0.282 e. The van der Waals surface area contributed by atoms with Gasteiger partial charge in [0, 0.05) is 25.2 Å². The number of amides is 1. The normalized spacial score (nSPS) is 18.0. The molecule has 0 spiro atoms. The van der Waals surface area contributed by atoms with Crippen LogP contribution in [0.25, 0.3) is 0 Å². The van der Waals surface area contributed by atoms with Crippen molar-refractivity contribution in [2.24, 2.45) is 5.73 Å². The van der Waals surface area contributed by atoms with E-state index in [0.717, 1.165) is 6.42 Å². The van der Waals surface area contributed by atoms with E-state index in [9.17, 15) is 14.9 Å². The van der Waals surface area contributed by atoms with E-state index in [1.807, 2.05) is 0 Å². The largest absolute Gasteiger partial charge is 0.337 e. The third-order valence-electron chi connectivity index (χ3n) is 3.17. The van der Waals surface area contributed by atoms with Crippen LogP contribution in [0.5, 0.6) is 0 Å². The second-order valence-corrected chi connectivity index (χ2v) is 4.53. The van der Waals surface area contributed by atoms with Crippen molar-refractivity contribution in [3.05, 3.63) is 39.4 Å². The fraction of sp³-hybridized carbons (Fsp3) is 0.417. The fourth-order valence-electron chi connectivity index (χ4n) is 2.21. The first-order valence-electron chi connectivity index (χ1n) is 5.79. The number of benzene rings is 1. The minimum Gasteiger partial charge on any atom is -0.337 e. The Bertz CT molecular complexity index is 507. The molecule has 0 aliphatic carbocycles. The number of aryl methyl sites for hydroxylation is 1.